The molecule has 4 N–H and O–H groups in total. The molecule has 0 heterocycles. The number of nitrogens with zero attached hydrogens (tertiary/aromatic N) is 1. The average Bonchev–Trinajstić information content (AvgIpc) is 2.68. The van der Waals surface area contributed by atoms with Gasteiger partial charge in [0.25, 0.3) is 0 Å². The van der Waals surface area contributed by atoms with Crippen LogP contribution in [0.1, 0.15) is 52.6 Å². The van der Waals surface area contributed by atoms with E-state index < -0.39 is 42.2 Å². The standard InChI is InChI=1S/C23H37N3O6S/c1-15(2)24-20(29)19(16-8-7-9-17(28)14-16)26(11-12-27)21(30)18(10-13-33-6)25-22(31)32-23(3,4)5/h7-9,14-15,18-19,27-28H,10-13H2,1-6H3,(H,24,29)(H,25,31). The van der Waals surface area contributed by atoms with Gasteiger partial charge in [-0.2, -0.15) is 11.8 Å². The lowest BCUT2D eigenvalue weighted by atomic mass is 10.0. The molecule has 0 aliphatic heterocycles. The number of aliphatic hydroxyl groups excluding tert-OH is 1. The number of ether oxygens (including phenoxy) is 1. The van der Waals surface area contributed by atoms with Gasteiger partial charge in [0.15, 0.2) is 0 Å². The maximum atomic E-state index is 13.6. The molecular weight excluding hydrogens is 446 g/mol. The number of phenols is 1. The summed E-state index contributed by atoms with van der Waals surface area (Å²) < 4.78 is 5.31. The van der Waals surface area contributed by atoms with Crippen LogP contribution < -0.4 is 10.6 Å². The van der Waals surface area contributed by atoms with E-state index in [2.05, 4.69) is 10.6 Å². The molecule has 10 heteroatoms. The van der Waals surface area contributed by atoms with E-state index in [0.29, 0.717) is 17.7 Å². The molecule has 0 fully saturated rings. The van der Waals surface area contributed by atoms with Crippen molar-refractivity contribution in [3.05, 3.63) is 29.8 Å². The molecule has 0 radical (unpaired) electrons. The van der Waals surface area contributed by atoms with Crippen LogP contribution in [0.5, 0.6) is 5.75 Å². The van der Waals surface area contributed by atoms with E-state index in [4.69, 9.17) is 4.74 Å². The molecule has 0 aliphatic rings. The largest absolute Gasteiger partial charge is 0.508 e. The van der Waals surface area contributed by atoms with Gasteiger partial charge in [0.1, 0.15) is 23.4 Å². The average molecular weight is 484 g/mol. The first kappa shape index (κ1) is 28.6. The molecular formula is C23H37N3O6S. The van der Waals surface area contributed by atoms with Crippen molar-refractivity contribution in [1.29, 1.82) is 0 Å². The van der Waals surface area contributed by atoms with Crippen molar-refractivity contribution in [2.45, 2.75) is 64.8 Å². The van der Waals surface area contributed by atoms with Crippen LogP contribution in [0.4, 0.5) is 4.79 Å². The normalized spacial score (nSPS) is 13.2. The van der Waals surface area contributed by atoms with E-state index in [9.17, 15) is 24.6 Å². The Labute approximate surface area is 200 Å². The Morgan fingerprint density at radius 3 is 2.36 bits per heavy atom. The second-order valence-electron chi connectivity index (χ2n) is 8.90. The lowest BCUT2D eigenvalue weighted by Crippen LogP contribution is -2.54. The minimum Gasteiger partial charge on any atom is -0.508 e. The number of carbonyl (C=O) groups is 3. The zero-order valence-electron chi connectivity index (χ0n) is 20.3. The Balaban J connectivity index is 3.37. The summed E-state index contributed by atoms with van der Waals surface area (Å²) in [5.74, 6) is -0.472. The van der Waals surface area contributed by atoms with Gasteiger partial charge in [-0.15, -0.1) is 0 Å². The smallest absolute Gasteiger partial charge is 0.408 e. The number of hydrogen-bond donors (Lipinski definition) is 4. The van der Waals surface area contributed by atoms with Gasteiger partial charge in [0.2, 0.25) is 11.8 Å². The third-order valence-electron chi connectivity index (χ3n) is 4.40. The van der Waals surface area contributed by atoms with Crippen LogP contribution >= 0.6 is 11.8 Å². The Morgan fingerprint density at radius 2 is 1.85 bits per heavy atom. The summed E-state index contributed by atoms with van der Waals surface area (Å²) in [5.41, 5.74) is -0.362. The number of benzene rings is 1. The van der Waals surface area contributed by atoms with Crippen LogP contribution in [0, 0.1) is 0 Å². The second kappa shape index (κ2) is 13.3. The zero-order chi connectivity index (χ0) is 25.2. The van der Waals surface area contributed by atoms with Gasteiger partial charge in [-0.1, -0.05) is 12.1 Å². The predicted molar refractivity (Wildman–Crippen MR) is 129 cm³/mol. The van der Waals surface area contributed by atoms with Crippen LogP contribution in [0.2, 0.25) is 0 Å². The number of phenolic OH excluding ortho intramolecular Hbond substituents is 1. The molecule has 186 valence electrons. The third kappa shape index (κ3) is 9.91. The number of thioether (sulfide) groups is 1. The van der Waals surface area contributed by atoms with E-state index in [1.54, 1.807) is 46.8 Å². The number of amides is 3. The first-order valence-corrected chi connectivity index (χ1v) is 12.3. The SMILES string of the molecule is CSCCC(NC(=O)OC(C)(C)C)C(=O)N(CCO)C(C(=O)NC(C)C)c1cccc(O)c1. The highest BCUT2D eigenvalue weighted by molar-refractivity contribution is 7.98. The van der Waals surface area contributed by atoms with Crippen molar-refractivity contribution >= 4 is 29.7 Å². The minimum absolute atomic E-state index is 0.0583. The van der Waals surface area contributed by atoms with Crippen LogP contribution in [0.15, 0.2) is 24.3 Å². The molecule has 33 heavy (non-hydrogen) atoms. The highest BCUT2D eigenvalue weighted by Crippen LogP contribution is 2.26. The molecule has 0 saturated carbocycles. The van der Waals surface area contributed by atoms with E-state index >= 15 is 0 Å². The summed E-state index contributed by atoms with van der Waals surface area (Å²) in [6.07, 6.45) is 1.44. The number of carbonyl (C=O) groups excluding carboxylic acids is 3. The topological polar surface area (TPSA) is 128 Å². The van der Waals surface area contributed by atoms with Crippen LogP contribution in [0.3, 0.4) is 0 Å². The van der Waals surface area contributed by atoms with E-state index in [0.717, 1.165) is 0 Å². The zero-order valence-corrected chi connectivity index (χ0v) is 21.1. The van der Waals surface area contributed by atoms with Crippen molar-refractivity contribution in [2.75, 3.05) is 25.2 Å². The number of nitrogens with one attached hydrogen (secondary N) is 2. The number of rotatable bonds is 11. The first-order chi connectivity index (χ1) is 15.4. The highest BCUT2D eigenvalue weighted by Gasteiger charge is 2.36. The fraction of sp³-hybridized carbons (Fsp3) is 0.609. The molecule has 2 unspecified atom stereocenters. The van der Waals surface area contributed by atoms with Gasteiger partial charge >= 0.3 is 6.09 Å². The lowest BCUT2D eigenvalue weighted by molar-refractivity contribution is -0.143. The van der Waals surface area contributed by atoms with Gasteiger partial charge in [-0.05, 0) is 70.7 Å². The van der Waals surface area contributed by atoms with Gasteiger partial charge < -0.3 is 30.5 Å². The number of aliphatic hydroxyl groups is 1. The Kier molecular flexibility index (Phi) is 11.5. The highest BCUT2D eigenvalue weighted by atomic mass is 32.2. The molecule has 1 aromatic carbocycles. The molecule has 0 bridgehead atoms. The van der Waals surface area contributed by atoms with E-state index in [1.807, 2.05) is 6.26 Å². The number of hydrogen-bond acceptors (Lipinski definition) is 7. The third-order valence-corrected chi connectivity index (χ3v) is 5.04. The molecule has 0 aliphatic carbocycles. The minimum atomic E-state index is -1.11. The van der Waals surface area contributed by atoms with Crippen LogP contribution in [-0.2, 0) is 14.3 Å². The molecule has 2 atom stereocenters. The van der Waals surface area contributed by atoms with Gasteiger partial charge in [-0.3, -0.25) is 9.59 Å². The summed E-state index contributed by atoms with van der Waals surface area (Å²) in [7, 11) is 0. The summed E-state index contributed by atoms with van der Waals surface area (Å²) in [4.78, 5) is 40.4. The fourth-order valence-corrected chi connectivity index (χ4v) is 3.62. The maximum Gasteiger partial charge on any atom is 0.408 e. The molecule has 0 spiro atoms. The van der Waals surface area contributed by atoms with E-state index in [-0.39, 0.29) is 18.3 Å². The summed E-state index contributed by atoms with van der Waals surface area (Å²) in [5, 5.41) is 25.1. The Bertz CT molecular complexity index is 797. The van der Waals surface area contributed by atoms with Crippen molar-refractivity contribution in [2.24, 2.45) is 0 Å². The Morgan fingerprint density at radius 1 is 1.18 bits per heavy atom. The van der Waals surface area contributed by atoms with Crippen molar-refractivity contribution < 1.29 is 29.3 Å². The van der Waals surface area contributed by atoms with Crippen molar-refractivity contribution in [3.8, 4) is 5.75 Å². The van der Waals surface area contributed by atoms with Gasteiger partial charge in [-0.25, -0.2) is 4.79 Å². The lowest BCUT2D eigenvalue weighted by Gasteiger charge is -2.34. The monoisotopic (exact) mass is 483 g/mol. The first-order valence-electron chi connectivity index (χ1n) is 10.9. The molecule has 1 rings (SSSR count). The Hall–Kier alpha value is -2.46. The van der Waals surface area contributed by atoms with Gasteiger partial charge in [0, 0.05) is 12.6 Å². The van der Waals surface area contributed by atoms with Crippen molar-refractivity contribution in [1.82, 2.24) is 15.5 Å². The summed E-state index contributed by atoms with van der Waals surface area (Å²) in [6, 6.07) is 3.79. The summed E-state index contributed by atoms with van der Waals surface area (Å²) in [6.45, 7) is 8.21. The molecule has 9 nitrogen and oxygen atoms in total. The molecule has 3 amide bonds. The van der Waals surface area contributed by atoms with Crippen LogP contribution in [-0.4, -0.2) is 75.9 Å². The molecule has 0 saturated heterocycles. The number of aromatic hydroxyl groups is 1. The quantitative estimate of drug-likeness (QED) is 0.380. The van der Waals surface area contributed by atoms with Crippen LogP contribution in [0.25, 0.3) is 0 Å². The maximum absolute atomic E-state index is 13.6. The fourth-order valence-electron chi connectivity index (χ4n) is 3.15. The van der Waals surface area contributed by atoms with E-state index in [1.165, 1.54) is 28.8 Å². The summed E-state index contributed by atoms with van der Waals surface area (Å²) >= 11 is 1.51. The molecule has 1 aromatic rings. The van der Waals surface area contributed by atoms with Gasteiger partial charge in [0.05, 0.1) is 6.61 Å². The van der Waals surface area contributed by atoms with Crippen molar-refractivity contribution in [3.63, 3.8) is 0 Å². The second-order valence-corrected chi connectivity index (χ2v) is 9.88. The predicted octanol–water partition coefficient (Wildman–Crippen LogP) is 2.43. The number of alkyl carbamates (subject to hydrolysis) is 1. The molecule has 0 aromatic heterocycles.